The van der Waals surface area contributed by atoms with Crippen LogP contribution < -0.4 is 37.6 Å². The number of hydrogen-bond acceptors (Lipinski definition) is 16. The van der Waals surface area contributed by atoms with E-state index in [-0.39, 0.29) is 40.8 Å². The number of aliphatic hydroxyl groups is 8. The zero-order valence-corrected chi connectivity index (χ0v) is 24.6. The molecule has 252 valence electrons. The van der Waals surface area contributed by atoms with Crippen molar-refractivity contribution in [3.63, 3.8) is 0 Å². The number of aromatic amines is 4. The molecule has 3 aliphatic rings. The van der Waals surface area contributed by atoms with Crippen LogP contribution in [0, 0.1) is 0 Å². The van der Waals surface area contributed by atoms with Gasteiger partial charge in [0.25, 0.3) is 11.1 Å². The lowest BCUT2D eigenvalue weighted by Gasteiger charge is -2.59. The average Bonchev–Trinajstić information content (AvgIpc) is 3.00. The number of aliphatic hydroxyl groups excluding tert-OH is 8. The molecule has 5 rings (SSSR count). The number of rotatable bonds is 10. The molecular formula is C26H36N8O12. The second-order valence-electron chi connectivity index (χ2n) is 11.9. The third-order valence-electron chi connectivity index (χ3n) is 8.92. The molecule has 2 aliphatic heterocycles. The van der Waals surface area contributed by atoms with Gasteiger partial charge in [-0.15, -0.1) is 0 Å². The first-order valence-corrected chi connectivity index (χ1v) is 14.2. The van der Waals surface area contributed by atoms with Gasteiger partial charge in [0.1, 0.15) is 53.9 Å². The van der Waals surface area contributed by atoms with Crippen LogP contribution in [-0.2, 0) is 0 Å². The van der Waals surface area contributed by atoms with E-state index in [4.69, 9.17) is 0 Å². The predicted molar refractivity (Wildman–Crippen MR) is 160 cm³/mol. The molecule has 46 heavy (non-hydrogen) atoms. The Morgan fingerprint density at radius 3 is 1.91 bits per heavy atom. The molecule has 20 nitrogen and oxygen atoms in total. The smallest absolute Gasteiger partial charge is 0.327 e. The van der Waals surface area contributed by atoms with Gasteiger partial charge in [-0.1, -0.05) is 0 Å². The van der Waals surface area contributed by atoms with Gasteiger partial charge in [0.15, 0.2) is 5.69 Å². The van der Waals surface area contributed by atoms with Crippen molar-refractivity contribution in [1.29, 1.82) is 0 Å². The fourth-order valence-corrected chi connectivity index (χ4v) is 6.11. The maximum atomic E-state index is 13.0. The number of hydrogen-bond donors (Lipinski definition) is 13. The van der Waals surface area contributed by atoms with Crippen molar-refractivity contribution in [1.82, 2.24) is 19.9 Å². The second-order valence-corrected chi connectivity index (χ2v) is 11.9. The van der Waals surface area contributed by atoms with E-state index in [9.17, 15) is 60.0 Å². The Morgan fingerprint density at radius 2 is 1.33 bits per heavy atom. The summed E-state index contributed by atoms with van der Waals surface area (Å²) in [6.07, 6.45) is -9.15. The number of allylic oxidation sites excluding steroid dienone is 1. The Hall–Kier alpha value is -4.15. The normalized spacial score (nSPS) is 25.8. The lowest BCUT2D eigenvalue weighted by atomic mass is 9.67. The van der Waals surface area contributed by atoms with Crippen LogP contribution in [0.4, 0.5) is 23.0 Å². The highest BCUT2D eigenvalue weighted by molar-refractivity contribution is 6.10. The highest BCUT2D eigenvalue weighted by Crippen LogP contribution is 2.50. The molecule has 2 aromatic rings. The number of H-pyrrole nitrogens is 4. The summed E-state index contributed by atoms with van der Waals surface area (Å²) < 4.78 is 0. The van der Waals surface area contributed by atoms with Crippen LogP contribution in [0.25, 0.3) is 0 Å². The number of nitrogens with zero attached hydrogens (tertiary/aromatic N) is 3. The molecule has 13 N–H and O–H groups in total. The van der Waals surface area contributed by atoms with Gasteiger partial charge >= 0.3 is 11.4 Å². The summed E-state index contributed by atoms with van der Waals surface area (Å²) in [6.45, 7) is 0.563. The summed E-state index contributed by atoms with van der Waals surface area (Å²) in [5.41, 5.74) is -6.20. The summed E-state index contributed by atoms with van der Waals surface area (Å²) in [4.78, 5) is 67.0. The second kappa shape index (κ2) is 11.9. The van der Waals surface area contributed by atoms with Crippen LogP contribution in [0.2, 0.25) is 0 Å². The first-order chi connectivity index (χ1) is 21.5. The Morgan fingerprint density at radius 1 is 0.783 bits per heavy atom. The topological polar surface area (TPSA) is 324 Å². The van der Waals surface area contributed by atoms with Crippen LogP contribution in [0.5, 0.6) is 0 Å². The molecule has 0 spiro atoms. The Bertz CT molecular complexity index is 1800. The zero-order chi connectivity index (χ0) is 33.9. The predicted octanol–water partition coefficient (Wildman–Crippen LogP) is -5.78. The number of aliphatic imine (C=N–C) groups is 1. The summed E-state index contributed by atoms with van der Waals surface area (Å²) in [7, 11) is 0. The van der Waals surface area contributed by atoms with Crippen LogP contribution in [0.1, 0.15) is 20.3 Å². The maximum Gasteiger partial charge on any atom is 0.327 e. The molecule has 2 aromatic heterocycles. The van der Waals surface area contributed by atoms with Crippen molar-refractivity contribution in [2.24, 2.45) is 4.99 Å². The van der Waals surface area contributed by atoms with Crippen LogP contribution in [0.3, 0.4) is 0 Å². The van der Waals surface area contributed by atoms with Crippen molar-refractivity contribution in [2.75, 3.05) is 41.4 Å². The van der Waals surface area contributed by atoms with E-state index >= 15 is 0 Å². The van der Waals surface area contributed by atoms with Crippen LogP contribution in [-0.4, -0.2) is 141 Å². The average molecular weight is 653 g/mol. The summed E-state index contributed by atoms with van der Waals surface area (Å²) in [5, 5.41) is 84.2. The van der Waals surface area contributed by atoms with Gasteiger partial charge in [-0.3, -0.25) is 29.5 Å². The highest BCUT2D eigenvalue weighted by atomic mass is 16.4. The van der Waals surface area contributed by atoms with Crippen LogP contribution >= 0.6 is 0 Å². The molecule has 0 saturated carbocycles. The number of β-amino-alcohol motifs (C(OH)–C–C–N with tert-alkyl or cyclic N) is 2. The molecule has 0 amide bonds. The quantitative estimate of drug-likeness (QED) is 0.114. The Kier molecular flexibility index (Phi) is 8.59. The molecule has 0 aromatic carbocycles. The van der Waals surface area contributed by atoms with E-state index in [1.54, 1.807) is 19.9 Å². The summed E-state index contributed by atoms with van der Waals surface area (Å²) in [6, 6.07) is 0. The van der Waals surface area contributed by atoms with E-state index in [0.717, 1.165) is 0 Å². The van der Waals surface area contributed by atoms with Gasteiger partial charge in [-0.2, -0.15) is 0 Å². The summed E-state index contributed by atoms with van der Waals surface area (Å²) in [5.74, 6) is -0.241. The first kappa shape index (κ1) is 33.2. The minimum atomic E-state index is -1.85. The number of fused-ring (bicyclic) bond motifs is 4. The number of nitrogens with one attached hydrogen (secondary N) is 5. The fourth-order valence-electron chi connectivity index (χ4n) is 6.11. The van der Waals surface area contributed by atoms with Crippen molar-refractivity contribution in [3.05, 3.63) is 53.4 Å². The minimum absolute atomic E-state index is 0.0808. The molecular weight excluding hydrogens is 616 g/mol. The van der Waals surface area contributed by atoms with E-state index < -0.39 is 96.5 Å². The lowest BCUT2D eigenvalue weighted by Crippen LogP contribution is -2.72. The molecule has 20 heteroatoms. The van der Waals surface area contributed by atoms with E-state index in [1.165, 1.54) is 9.80 Å². The molecule has 1 aliphatic carbocycles. The van der Waals surface area contributed by atoms with Gasteiger partial charge in [0, 0.05) is 13.0 Å². The molecule has 0 saturated heterocycles. The van der Waals surface area contributed by atoms with Gasteiger partial charge < -0.3 is 56.0 Å². The molecule has 0 unspecified atom stereocenters. The SMILES string of the molecule is C[C@@]12C=C3C(=Nc4c([nH]c(=O)[nH]c4=O)N3C[C@H](O)[C@H](O)[C@H](O)CO)C[C@]1(C)N(C[C@H](O)[C@H](O)[C@H](O)CO)c1[nH]c(=O)[nH]c(=O)c1N2. The maximum absolute atomic E-state index is 13.0. The molecule has 0 radical (unpaired) electrons. The minimum Gasteiger partial charge on any atom is -0.394 e. The molecule has 4 heterocycles. The molecule has 0 bridgehead atoms. The number of aromatic nitrogens is 4. The molecule has 0 fully saturated rings. The highest BCUT2D eigenvalue weighted by Gasteiger charge is 2.57. The fraction of sp³-hybridized carbons (Fsp3) is 0.577. The standard InChI is InChI=1S/C26H36N8O12/c1-25-4-10-9(27-15-19(28-23(45)30-21(15)43)33(10)5-11(37)17(41)13(39)7-35)3-26(25,2)34(6-12(38)18(42)14(40)8-36)20-16(32-25)22(44)31-24(46)29-20/h4,11-14,17-18,32,35-42H,3,5-8H2,1-2H3,(H2,28,30,43,45)(H2,29,31,44,46)/t11-,12-,13+,14+,17-,18-,25+,26-/m0/s1. The number of anilines is 3. The van der Waals surface area contributed by atoms with E-state index in [1.807, 2.05) is 0 Å². The van der Waals surface area contributed by atoms with Crippen molar-refractivity contribution >= 4 is 28.7 Å². The zero-order valence-electron chi connectivity index (χ0n) is 24.6. The third kappa shape index (κ3) is 5.37. The van der Waals surface area contributed by atoms with Crippen molar-refractivity contribution in [3.8, 4) is 0 Å². The van der Waals surface area contributed by atoms with Crippen LogP contribution in [0.15, 0.2) is 35.9 Å². The van der Waals surface area contributed by atoms with E-state index in [2.05, 4.69) is 30.2 Å². The Balaban J connectivity index is 1.70. The van der Waals surface area contributed by atoms with Gasteiger partial charge in [0.05, 0.1) is 42.2 Å². The van der Waals surface area contributed by atoms with Gasteiger partial charge in [-0.25, -0.2) is 14.6 Å². The third-order valence-corrected chi connectivity index (χ3v) is 8.92. The lowest BCUT2D eigenvalue weighted by molar-refractivity contribution is -0.0745. The van der Waals surface area contributed by atoms with Crippen molar-refractivity contribution in [2.45, 2.75) is 68.0 Å². The van der Waals surface area contributed by atoms with Crippen molar-refractivity contribution < 1.29 is 40.9 Å². The first-order valence-electron chi connectivity index (χ1n) is 14.2. The Labute approximate surface area is 257 Å². The van der Waals surface area contributed by atoms with Gasteiger partial charge in [-0.05, 0) is 19.9 Å². The molecule has 8 atom stereocenters. The monoisotopic (exact) mass is 652 g/mol. The van der Waals surface area contributed by atoms with Gasteiger partial charge in [0.2, 0.25) is 0 Å². The summed E-state index contributed by atoms with van der Waals surface area (Å²) >= 11 is 0. The largest absolute Gasteiger partial charge is 0.394 e. The van der Waals surface area contributed by atoms with E-state index in [0.29, 0.717) is 0 Å².